The van der Waals surface area contributed by atoms with Crippen molar-refractivity contribution in [3.63, 3.8) is 0 Å². The molecule has 0 saturated heterocycles. The van der Waals surface area contributed by atoms with E-state index in [4.69, 9.17) is 5.73 Å². The number of halogens is 3. The van der Waals surface area contributed by atoms with Gasteiger partial charge in [0.25, 0.3) is 0 Å². The van der Waals surface area contributed by atoms with E-state index in [1.54, 1.807) is 0 Å². The molecule has 22 heavy (non-hydrogen) atoms. The lowest BCUT2D eigenvalue weighted by Crippen LogP contribution is -2.43. The zero-order chi connectivity index (χ0) is 16.8. The molecule has 1 aliphatic rings. The highest BCUT2D eigenvalue weighted by Gasteiger charge is 2.44. The van der Waals surface area contributed by atoms with Crippen LogP contribution in [0.15, 0.2) is 28.4 Å². The SMILES string of the molecule is CC1=C(N)C(F)C(C)(c2cc(F)c(F)cc2C)N=C1C(=O)O. The van der Waals surface area contributed by atoms with Gasteiger partial charge in [0.2, 0.25) is 0 Å². The standard InChI is InChI=1S/C15H15F3N2O2/c1-6-4-9(16)10(17)5-8(6)15(3)13(18)11(19)7(2)12(20-15)14(21)22/h4-5,13H,19H2,1-3H3,(H,21,22). The van der Waals surface area contributed by atoms with Crippen molar-refractivity contribution in [3.8, 4) is 0 Å². The van der Waals surface area contributed by atoms with E-state index in [-0.39, 0.29) is 22.4 Å². The van der Waals surface area contributed by atoms with Crippen LogP contribution in [-0.4, -0.2) is 23.0 Å². The molecule has 7 heteroatoms. The molecule has 0 radical (unpaired) electrons. The van der Waals surface area contributed by atoms with Crippen molar-refractivity contribution in [1.82, 2.24) is 0 Å². The van der Waals surface area contributed by atoms with Crippen molar-refractivity contribution in [2.45, 2.75) is 32.5 Å². The van der Waals surface area contributed by atoms with Crippen LogP contribution in [0.25, 0.3) is 0 Å². The molecule has 1 aromatic rings. The van der Waals surface area contributed by atoms with E-state index in [0.29, 0.717) is 0 Å². The minimum absolute atomic E-state index is 0.0257. The van der Waals surface area contributed by atoms with Gasteiger partial charge in [0.05, 0.1) is 5.70 Å². The average Bonchev–Trinajstić information content (AvgIpc) is 2.44. The maximum Gasteiger partial charge on any atom is 0.354 e. The first-order valence-corrected chi connectivity index (χ1v) is 6.49. The summed E-state index contributed by atoms with van der Waals surface area (Å²) < 4.78 is 41.5. The van der Waals surface area contributed by atoms with E-state index in [1.807, 2.05) is 0 Å². The number of alkyl halides is 1. The Morgan fingerprint density at radius 2 is 1.86 bits per heavy atom. The molecule has 0 fully saturated rings. The number of carbonyl (C=O) groups is 1. The van der Waals surface area contributed by atoms with Gasteiger partial charge in [0.15, 0.2) is 17.8 Å². The fourth-order valence-electron chi connectivity index (χ4n) is 2.60. The van der Waals surface area contributed by atoms with Crippen LogP contribution in [-0.2, 0) is 10.3 Å². The minimum atomic E-state index is -1.85. The van der Waals surface area contributed by atoms with Gasteiger partial charge in [-0.3, -0.25) is 4.99 Å². The molecule has 2 atom stereocenters. The Morgan fingerprint density at radius 3 is 2.41 bits per heavy atom. The molecule has 0 spiro atoms. The van der Waals surface area contributed by atoms with Crippen LogP contribution in [0.3, 0.4) is 0 Å². The molecule has 0 saturated carbocycles. The number of nitrogens with zero attached hydrogens (tertiary/aromatic N) is 1. The van der Waals surface area contributed by atoms with Crippen LogP contribution in [0.5, 0.6) is 0 Å². The maximum atomic E-state index is 14.7. The predicted molar refractivity (Wildman–Crippen MR) is 75.3 cm³/mol. The van der Waals surface area contributed by atoms with E-state index in [9.17, 15) is 23.1 Å². The van der Waals surface area contributed by atoms with Crippen molar-refractivity contribution >= 4 is 11.7 Å². The number of hydrogen-bond acceptors (Lipinski definition) is 3. The smallest absolute Gasteiger partial charge is 0.354 e. The molecule has 0 aliphatic carbocycles. The number of aryl methyl sites for hydroxylation is 1. The lowest BCUT2D eigenvalue weighted by atomic mass is 9.80. The number of hydrogen-bond donors (Lipinski definition) is 2. The third kappa shape index (κ3) is 2.26. The Balaban J connectivity index is 2.73. The summed E-state index contributed by atoms with van der Waals surface area (Å²) in [4.78, 5) is 15.2. The van der Waals surface area contributed by atoms with Gasteiger partial charge in [-0.1, -0.05) is 0 Å². The van der Waals surface area contributed by atoms with Crippen molar-refractivity contribution in [3.05, 3.63) is 46.2 Å². The van der Waals surface area contributed by atoms with Gasteiger partial charge in [-0.15, -0.1) is 0 Å². The summed E-state index contributed by atoms with van der Waals surface area (Å²) in [6.07, 6.45) is -1.85. The highest BCUT2D eigenvalue weighted by Crippen LogP contribution is 2.40. The van der Waals surface area contributed by atoms with Crippen molar-refractivity contribution < 1.29 is 23.1 Å². The van der Waals surface area contributed by atoms with E-state index in [0.717, 1.165) is 12.1 Å². The normalized spacial score (nSPS) is 25.2. The molecule has 118 valence electrons. The molecule has 3 N–H and O–H groups in total. The zero-order valence-electron chi connectivity index (χ0n) is 12.2. The van der Waals surface area contributed by atoms with E-state index in [2.05, 4.69) is 4.99 Å². The second-order valence-electron chi connectivity index (χ2n) is 5.44. The number of carboxylic acids is 1. The lowest BCUT2D eigenvalue weighted by molar-refractivity contribution is -0.129. The monoisotopic (exact) mass is 312 g/mol. The van der Waals surface area contributed by atoms with Gasteiger partial charge in [-0.05, 0) is 44.0 Å². The van der Waals surface area contributed by atoms with Crippen molar-refractivity contribution in [2.75, 3.05) is 0 Å². The number of aliphatic imine (C=N–C) groups is 1. The predicted octanol–water partition coefficient (Wildman–Crippen LogP) is 2.60. The molecule has 4 nitrogen and oxygen atoms in total. The molecular weight excluding hydrogens is 297 g/mol. The molecule has 2 unspecified atom stereocenters. The summed E-state index contributed by atoms with van der Waals surface area (Å²) in [7, 11) is 0. The zero-order valence-corrected chi connectivity index (χ0v) is 12.2. The first-order chi connectivity index (χ1) is 10.1. The van der Waals surface area contributed by atoms with Crippen LogP contribution < -0.4 is 5.73 Å². The third-order valence-electron chi connectivity index (χ3n) is 3.91. The molecule has 1 aromatic carbocycles. The van der Waals surface area contributed by atoms with Crippen LogP contribution >= 0.6 is 0 Å². The number of dihydropyridines is 1. The van der Waals surface area contributed by atoms with Gasteiger partial charge < -0.3 is 10.8 Å². The molecule has 0 amide bonds. The Kier molecular flexibility index (Phi) is 3.76. The van der Waals surface area contributed by atoms with Crippen LogP contribution in [0.4, 0.5) is 13.2 Å². The van der Waals surface area contributed by atoms with Gasteiger partial charge in [0.1, 0.15) is 11.3 Å². The second-order valence-corrected chi connectivity index (χ2v) is 5.44. The highest BCUT2D eigenvalue weighted by atomic mass is 19.2. The summed E-state index contributed by atoms with van der Waals surface area (Å²) >= 11 is 0. The fraction of sp³-hybridized carbons (Fsp3) is 0.333. The van der Waals surface area contributed by atoms with Gasteiger partial charge in [-0.25, -0.2) is 18.0 Å². The van der Waals surface area contributed by atoms with Crippen LogP contribution in [0.1, 0.15) is 25.0 Å². The molecule has 1 heterocycles. The second kappa shape index (κ2) is 5.15. The van der Waals surface area contributed by atoms with E-state index in [1.165, 1.54) is 20.8 Å². The third-order valence-corrected chi connectivity index (χ3v) is 3.91. The minimum Gasteiger partial charge on any atom is -0.477 e. The Bertz CT molecular complexity index is 728. The lowest BCUT2D eigenvalue weighted by Gasteiger charge is -2.35. The van der Waals surface area contributed by atoms with Crippen LogP contribution in [0, 0.1) is 18.6 Å². The first-order valence-electron chi connectivity index (χ1n) is 6.49. The topological polar surface area (TPSA) is 75.7 Å². The van der Waals surface area contributed by atoms with Crippen LogP contribution in [0.2, 0.25) is 0 Å². The van der Waals surface area contributed by atoms with E-state index >= 15 is 0 Å². The van der Waals surface area contributed by atoms with E-state index < -0.39 is 35.0 Å². The Hall–Kier alpha value is -2.31. The average molecular weight is 312 g/mol. The number of aliphatic carboxylic acids is 1. The summed E-state index contributed by atoms with van der Waals surface area (Å²) in [5.74, 6) is -3.59. The molecule has 1 aliphatic heterocycles. The Labute approximate surface area is 125 Å². The summed E-state index contributed by atoms with van der Waals surface area (Å²) in [6.45, 7) is 4.12. The maximum absolute atomic E-state index is 14.7. The summed E-state index contributed by atoms with van der Waals surface area (Å²) in [5.41, 5.74) is 3.59. The largest absolute Gasteiger partial charge is 0.477 e. The van der Waals surface area contributed by atoms with Gasteiger partial charge >= 0.3 is 5.97 Å². The molecular formula is C15H15F3N2O2. The number of benzene rings is 1. The Morgan fingerprint density at radius 1 is 1.32 bits per heavy atom. The fourth-order valence-corrected chi connectivity index (χ4v) is 2.60. The van der Waals surface area contributed by atoms with Gasteiger partial charge in [-0.2, -0.15) is 0 Å². The quantitative estimate of drug-likeness (QED) is 0.881. The molecule has 2 rings (SSSR count). The van der Waals surface area contributed by atoms with Crippen molar-refractivity contribution in [1.29, 1.82) is 0 Å². The number of rotatable bonds is 2. The number of carboxylic acid groups (broad SMARTS) is 1. The number of nitrogens with two attached hydrogens (primary N) is 1. The van der Waals surface area contributed by atoms with Crippen molar-refractivity contribution in [2.24, 2.45) is 10.7 Å². The first kappa shape index (κ1) is 16.1. The molecule has 0 bridgehead atoms. The summed E-state index contributed by atoms with van der Waals surface area (Å²) in [5, 5.41) is 9.18. The molecule has 0 aromatic heterocycles. The van der Waals surface area contributed by atoms with Gasteiger partial charge in [0, 0.05) is 5.57 Å². The summed E-state index contributed by atoms with van der Waals surface area (Å²) in [6, 6.07) is 1.74. The highest BCUT2D eigenvalue weighted by molar-refractivity contribution is 6.42.